The zero-order valence-corrected chi connectivity index (χ0v) is 12.0. The van der Waals surface area contributed by atoms with E-state index in [1.807, 2.05) is 18.3 Å². The highest BCUT2D eigenvalue weighted by atomic mass is 32.1. The summed E-state index contributed by atoms with van der Waals surface area (Å²) in [6.07, 6.45) is 5.65. The van der Waals surface area contributed by atoms with Gasteiger partial charge in [-0.3, -0.25) is 0 Å². The first kappa shape index (κ1) is 14.2. The monoisotopic (exact) mass is 280 g/mol. The van der Waals surface area contributed by atoms with Crippen LogP contribution in [0.15, 0.2) is 29.0 Å². The zero-order valence-electron chi connectivity index (χ0n) is 11.2. The van der Waals surface area contributed by atoms with Crippen LogP contribution in [-0.2, 0) is 24.3 Å². The molecule has 19 heavy (non-hydrogen) atoms. The SMILES string of the molecule is CCc1ncc(CNCCCOCc2ccco2)s1. The molecular formula is C14H20N2O2S. The molecule has 0 atom stereocenters. The number of hydrogen-bond acceptors (Lipinski definition) is 5. The molecule has 5 heteroatoms. The molecule has 2 rings (SSSR count). The molecule has 0 fully saturated rings. The number of aromatic nitrogens is 1. The average molecular weight is 280 g/mol. The molecule has 0 aliphatic carbocycles. The van der Waals surface area contributed by atoms with Gasteiger partial charge in [0.2, 0.25) is 0 Å². The lowest BCUT2D eigenvalue weighted by atomic mass is 10.4. The van der Waals surface area contributed by atoms with Gasteiger partial charge >= 0.3 is 0 Å². The van der Waals surface area contributed by atoms with Crippen LogP contribution >= 0.6 is 11.3 Å². The van der Waals surface area contributed by atoms with E-state index in [0.717, 1.165) is 38.3 Å². The van der Waals surface area contributed by atoms with Crippen LogP contribution in [0, 0.1) is 0 Å². The minimum absolute atomic E-state index is 0.557. The molecule has 0 aliphatic rings. The van der Waals surface area contributed by atoms with Gasteiger partial charge in [-0.2, -0.15) is 0 Å². The second-order valence-corrected chi connectivity index (χ2v) is 5.44. The molecule has 2 aromatic heterocycles. The molecule has 0 spiro atoms. The second kappa shape index (κ2) is 8.09. The maximum atomic E-state index is 5.51. The quantitative estimate of drug-likeness (QED) is 0.717. The molecule has 0 amide bonds. The van der Waals surface area contributed by atoms with E-state index in [9.17, 15) is 0 Å². The Morgan fingerprint density at radius 3 is 3.16 bits per heavy atom. The van der Waals surface area contributed by atoms with Crippen molar-refractivity contribution in [3.8, 4) is 0 Å². The van der Waals surface area contributed by atoms with Gasteiger partial charge in [0.05, 0.1) is 11.3 Å². The van der Waals surface area contributed by atoms with Crippen LogP contribution in [0.25, 0.3) is 0 Å². The maximum Gasteiger partial charge on any atom is 0.129 e. The summed E-state index contributed by atoms with van der Waals surface area (Å²) in [4.78, 5) is 5.63. The highest BCUT2D eigenvalue weighted by molar-refractivity contribution is 7.11. The van der Waals surface area contributed by atoms with E-state index in [1.54, 1.807) is 17.6 Å². The largest absolute Gasteiger partial charge is 0.467 e. The fourth-order valence-electron chi connectivity index (χ4n) is 1.67. The van der Waals surface area contributed by atoms with E-state index < -0.39 is 0 Å². The van der Waals surface area contributed by atoms with Crippen molar-refractivity contribution in [3.05, 3.63) is 40.2 Å². The third-order valence-electron chi connectivity index (χ3n) is 2.67. The smallest absolute Gasteiger partial charge is 0.129 e. The highest BCUT2D eigenvalue weighted by Gasteiger charge is 1.99. The van der Waals surface area contributed by atoms with Gasteiger partial charge in [0.25, 0.3) is 0 Å². The summed E-state index contributed by atoms with van der Waals surface area (Å²) in [6, 6.07) is 3.80. The summed E-state index contributed by atoms with van der Waals surface area (Å²) in [5, 5.41) is 4.61. The molecule has 0 radical (unpaired) electrons. The molecule has 0 aliphatic heterocycles. The summed E-state index contributed by atoms with van der Waals surface area (Å²) < 4.78 is 10.7. The summed E-state index contributed by atoms with van der Waals surface area (Å²) in [5.74, 6) is 0.879. The van der Waals surface area contributed by atoms with Crippen LogP contribution in [0.4, 0.5) is 0 Å². The first-order chi connectivity index (χ1) is 9.38. The maximum absolute atomic E-state index is 5.51. The number of nitrogens with zero attached hydrogens (tertiary/aromatic N) is 1. The molecule has 4 nitrogen and oxygen atoms in total. The summed E-state index contributed by atoms with van der Waals surface area (Å²) >= 11 is 1.78. The fraction of sp³-hybridized carbons (Fsp3) is 0.500. The van der Waals surface area contributed by atoms with Gasteiger partial charge in [-0.1, -0.05) is 6.92 Å². The number of furan rings is 1. The number of ether oxygens (including phenoxy) is 1. The van der Waals surface area contributed by atoms with Crippen LogP contribution in [0.3, 0.4) is 0 Å². The Hall–Kier alpha value is -1.17. The van der Waals surface area contributed by atoms with E-state index in [1.165, 1.54) is 9.88 Å². The van der Waals surface area contributed by atoms with Crippen molar-refractivity contribution in [1.82, 2.24) is 10.3 Å². The van der Waals surface area contributed by atoms with Crippen molar-refractivity contribution in [3.63, 3.8) is 0 Å². The topological polar surface area (TPSA) is 47.3 Å². The molecule has 104 valence electrons. The van der Waals surface area contributed by atoms with Crippen molar-refractivity contribution in [2.75, 3.05) is 13.2 Å². The first-order valence-electron chi connectivity index (χ1n) is 6.63. The molecular weight excluding hydrogens is 260 g/mol. The third kappa shape index (κ3) is 5.14. The first-order valence-corrected chi connectivity index (χ1v) is 7.44. The summed E-state index contributed by atoms with van der Waals surface area (Å²) in [5.41, 5.74) is 0. The molecule has 2 heterocycles. The van der Waals surface area contributed by atoms with Crippen molar-refractivity contribution >= 4 is 11.3 Å². The Kier molecular flexibility index (Phi) is 6.07. The Morgan fingerprint density at radius 1 is 1.47 bits per heavy atom. The third-order valence-corrected chi connectivity index (χ3v) is 3.81. The number of rotatable bonds is 9. The average Bonchev–Trinajstić information content (AvgIpc) is 3.08. The fourth-order valence-corrected chi connectivity index (χ4v) is 2.50. The number of thiazole rings is 1. The van der Waals surface area contributed by atoms with E-state index in [2.05, 4.69) is 17.2 Å². The van der Waals surface area contributed by atoms with Crippen LogP contribution in [0.5, 0.6) is 0 Å². The van der Waals surface area contributed by atoms with Gasteiger partial charge in [-0.05, 0) is 31.5 Å². The number of nitrogens with one attached hydrogen (secondary N) is 1. The molecule has 0 aromatic carbocycles. The lowest BCUT2D eigenvalue weighted by molar-refractivity contribution is 0.104. The lowest BCUT2D eigenvalue weighted by Gasteiger charge is -2.03. The van der Waals surface area contributed by atoms with Crippen LogP contribution in [0.2, 0.25) is 0 Å². The summed E-state index contributed by atoms with van der Waals surface area (Å²) in [7, 11) is 0. The molecule has 0 saturated carbocycles. The van der Waals surface area contributed by atoms with Crippen LogP contribution in [-0.4, -0.2) is 18.1 Å². The van der Waals surface area contributed by atoms with Gasteiger partial charge in [-0.25, -0.2) is 4.98 Å². The van der Waals surface area contributed by atoms with Crippen LogP contribution < -0.4 is 5.32 Å². The standard InChI is InChI=1S/C14H20N2O2S/c1-2-14-16-10-13(19-14)9-15-6-4-7-17-11-12-5-3-8-18-12/h3,5,8,10,15H,2,4,6-7,9,11H2,1H3. The summed E-state index contributed by atoms with van der Waals surface area (Å²) in [6.45, 7) is 5.29. The van der Waals surface area contributed by atoms with Gasteiger partial charge in [-0.15, -0.1) is 11.3 Å². The Morgan fingerprint density at radius 2 is 2.42 bits per heavy atom. The van der Waals surface area contributed by atoms with Crippen LogP contribution in [0.1, 0.15) is 29.0 Å². The minimum atomic E-state index is 0.557. The Labute approximate surface area is 117 Å². The highest BCUT2D eigenvalue weighted by Crippen LogP contribution is 2.12. The van der Waals surface area contributed by atoms with Crippen molar-refractivity contribution in [2.45, 2.75) is 32.9 Å². The van der Waals surface area contributed by atoms with E-state index in [0.29, 0.717) is 6.61 Å². The molecule has 0 unspecified atom stereocenters. The lowest BCUT2D eigenvalue weighted by Crippen LogP contribution is -2.15. The van der Waals surface area contributed by atoms with Gasteiger partial charge in [0.15, 0.2) is 0 Å². The number of aryl methyl sites for hydroxylation is 1. The molecule has 0 bridgehead atoms. The molecule has 0 saturated heterocycles. The predicted octanol–water partition coefficient (Wildman–Crippen LogP) is 3.00. The van der Waals surface area contributed by atoms with E-state index >= 15 is 0 Å². The Bertz CT molecular complexity index is 454. The molecule has 2 aromatic rings. The zero-order chi connectivity index (χ0) is 13.3. The minimum Gasteiger partial charge on any atom is -0.467 e. The second-order valence-electron chi connectivity index (χ2n) is 4.24. The van der Waals surface area contributed by atoms with E-state index in [-0.39, 0.29) is 0 Å². The van der Waals surface area contributed by atoms with Crippen molar-refractivity contribution in [2.24, 2.45) is 0 Å². The van der Waals surface area contributed by atoms with Crippen molar-refractivity contribution < 1.29 is 9.15 Å². The van der Waals surface area contributed by atoms with Crippen molar-refractivity contribution in [1.29, 1.82) is 0 Å². The van der Waals surface area contributed by atoms with E-state index in [4.69, 9.17) is 9.15 Å². The van der Waals surface area contributed by atoms with Gasteiger partial charge in [0.1, 0.15) is 12.4 Å². The molecule has 1 N–H and O–H groups in total. The predicted molar refractivity (Wildman–Crippen MR) is 76.2 cm³/mol. The normalized spacial score (nSPS) is 11.0. The van der Waals surface area contributed by atoms with Gasteiger partial charge in [0, 0.05) is 24.2 Å². The van der Waals surface area contributed by atoms with Gasteiger partial charge < -0.3 is 14.5 Å². The number of hydrogen-bond donors (Lipinski definition) is 1. The Balaban J connectivity index is 1.48.